The Balaban J connectivity index is 1.87. The van der Waals surface area contributed by atoms with Crippen molar-refractivity contribution >= 4 is 6.21 Å². The van der Waals surface area contributed by atoms with Gasteiger partial charge in [0.2, 0.25) is 0 Å². The second kappa shape index (κ2) is 3.44. The lowest BCUT2D eigenvalue weighted by Crippen LogP contribution is -2.35. The quantitative estimate of drug-likeness (QED) is 0.585. The lowest BCUT2D eigenvalue weighted by molar-refractivity contribution is 0.0370. The van der Waals surface area contributed by atoms with Crippen LogP contribution in [-0.4, -0.2) is 37.0 Å². The molecule has 1 unspecified atom stereocenters. The predicted octanol–water partition coefficient (Wildman–Crippen LogP) is 1.10. The molecule has 1 fully saturated rings. The summed E-state index contributed by atoms with van der Waals surface area (Å²) in [5, 5.41) is 6.62. The molecule has 0 spiro atoms. The fraction of sp³-hybridized carbons (Fsp3) is 0.889. The lowest BCUT2D eigenvalue weighted by Gasteiger charge is -2.29. The molecule has 0 aromatic carbocycles. The van der Waals surface area contributed by atoms with Gasteiger partial charge in [-0.05, 0) is 12.8 Å². The smallest absolute Gasteiger partial charge is 0.0514 e. The van der Waals surface area contributed by atoms with Gasteiger partial charge in [-0.25, -0.2) is 0 Å². The molecule has 2 heterocycles. The summed E-state index contributed by atoms with van der Waals surface area (Å²) in [7, 11) is 0. The third-order valence-corrected chi connectivity index (χ3v) is 2.56. The Morgan fingerprint density at radius 2 is 2.17 bits per heavy atom. The summed E-state index contributed by atoms with van der Waals surface area (Å²) in [5.74, 6) is 0.632. The molecule has 2 rings (SSSR count). The largest absolute Gasteiger partial charge is 0.381 e. The maximum atomic E-state index is 5.31. The Bertz CT molecular complexity index is 175. The molecule has 2 aliphatic rings. The van der Waals surface area contributed by atoms with Crippen LogP contribution < -0.4 is 0 Å². The average molecular weight is 168 g/mol. The third kappa shape index (κ3) is 1.61. The van der Waals surface area contributed by atoms with Crippen LogP contribution >= 0.6 is 0 Å². The summed E-state index contributed by atoms with van der Waals surface area (Å²) in [6, 6.07) is 0.639. The van der Waals surface area contributed by atoms with Gasteiger partial charge in [-0.3, -0.25) is 5.01 Å². The first kappa shape index (κ1) is 8.05. The molecule has 1 atom stereocenters. The number of nitrogens with zero attached hydrogens (tertiary/aromatic N) is 2. The highest BCUT2D eigenvalue weighted by atomic mass is 16.5. The molecule has 0 aromatic rings. The number of hydrogen-bond acceptors (Lipinski definition) is 3. The van der Waals surface area contributed by atoms with Crippen molar-refractivity contribution in [3.05, 3.63) is 0 Å². The van der Waals surface area contributed by atoms with E-state index in [-0.39, 0.29) is 0 Å². The molecule has 0 aromatic heterocycles. The topological polar surface area (TPSA) is 24.8 Å². The predicted molar refractivity (Wildman–Crippen MR) is 48.2 cm³/mol. The van der Waals surface area contributed by atoms with Crippen molar-refractivity contribution in [1.29, 1.82) is 0 Å². The molecule has 0 N–H and O–H groups in total. The first-order valence-electron chi connectivity index (χ1n) is 4.75. The lowest BCUT2D eigenvalue weighted by atomic mass is 10.1. The van der Waals surface area contributed by atoms with E-state index in [0.717, 1.165) is 32.6 Å². The van der Waals surface area contributed by atoms with Crippen LogP contribution in [-0.2, 0) is 4.74 Å². The number of ether oxygens (including phenoxy) is 1. The normalized spacial score (nSPS) is 31.4. The van der Waals surface area contributed by atoms with Gasteiger partial charge < -0.3 is 4.74 Å². The Morgan fingerprint density at radius 3 is 2.75 bits per heavy atom. The van der Waals surface area contributed by atoms with Gasteiger partial charge in [0.1, 0.15) is 0 Å². The Hall–Kier alpha value is -0.570. The van der Waals surface area contributed by atoms with Crippen molar-refractivity contribution in [3.63, 3.8) is 0 Å². The van der Waals surface area contributed by atoms with E-state index in [1.807, 2.05) is 0 Å². The van der Waals surface area contributed by atoms with E-state index in [2.05, 4.69) is 23.2 Å². The van der Waals surface area contributed by atoms with Crippen LogP contribution in [0.2, 0.25) is 0 Å². The fourth-order valence-corrected chi connectivity index (χ4v) is 1.82. The Labute approximate surface area is 73.4 Å². The minimum absolute atomic E-state index is 0.632. The van der Waals surface area contributed by atoms with Crippen molar-refractivity contribution in [2.24, 2.45) is 11.0 Å². The zero-order valence-electron chi connectivity index (χ0n) is 7.57. The van der Waals surface area contributed by atoms with E-state index in [0.29, 0.717) is 12.0 Å². The first-order chi connectivity index (χ1) is 5.86. The second-order valence-corrected chi connectivity index (χ2v) is 3.71. The molecule has 3 heteroatoms. The van der Waals surface area contributed by atoms with Crippen LogP contribution in [0.1, 0.15) is 19.8 Å². The zero-order chi connectivity index (χ0) is 8.39. The maximum Gasteiger partial charge on any atom is 0.0514 e. The standard InChI is InChI=1S/C9H16N2O/c1-8-6-10-11(7-8)9-2-4-12-5-3-9/h6,8-9H,2-5,7H2,1H3. The summed E-state index contributed by atoms with van der Waals surface area (Å²) in [6.07, 6.45) is 4.34. The van der Waals surface area contributed by atoms with Crippen molar-refractivity contribution in [2.45, 2.75) is 25.8 Å². The molecule has 0 amide bonds. The van der Waals surface area contributed by atoms with E-state index in [1.165, 1.54) is 0 Å². The molecular formula is C9H16N2O. The zero-order valence-corrected chi connectivity index (χ0v) is 7.57. The number of hydrazone groups is 1. The molecule has 0 bridgehead atoms. The van der Waals surface area contributed by atoms with Gasteiger partial charge in [0.15, 0.2) is 0 Å². The highest BCUT2D eigenvalue weighted by molar-refractivity contribution is 5.61. The molecular weight excluding hydrogens is 152 g/mol. The van der Waals surface area contributed by atoms with Gasteiger partial charge in [0.05, 0.1) is 6.04 Å². The van der Waals surface area contributed by atoms with Gasteiger partial charge in [0.25, 0.3) is 0 Å². The third-order valence-electron chi connectivity index (χ3n) is 2.56. The first-order valence-corrected chi connectivity index (χ1v) is 4.75. The molecule has 68 valence electrons. The molecule has 0 aliphatic carbocycles. The summed E-state index contributed by atoms with van der Waals surface area (Å²) in [4.78, 5) is 0. The second-order valence-electron chi connectivity index (χ2n) is 3.71. The minimum Gasteiger partial charge on any atom is -0.381 e. The van der Waals surface area contributed by atoms with Crippen LogP contribution in [0.3, 0.4) is 0 Å². The highest BCUT2D eigenvalue weighted by Gasteiger charge is 2.23. The molecule has 2 aliphatic heterocycles. The Kier molecular flexibility index (Phi) is 2.30. The summed E-state index contributed by atoms with van der Waals surface area (Å²) in [6.45, 7) is 5.13. The fourth-order valence-electron chi connectivity index (χ4n) is 1.82. The molecule has 1 saturated heterocycles. The van der Waals surface area contributed by atoms with Gasteiger partial charge in [0, 0.05) is 31.9 Å². The summed E-state index contributed by atoms with van der Waals surface area (Å²) >= 11 is 0. The average Bonchev–Trinajstić information content (AvgIpc) is 2.54. The van der Waals surface area contributed by atoms with Crippen LogP contribution in [0.4, 0.5) is 0 Å². The van der Waals surface area contributed by atoms with E-state index < -0.39 is 0 Å². The van der Waals surface area contributed by atoms with E-state index >= 15 is 0 Å². The van der Waals surface area contributed by atoms with Gasteiger partial charge in [-0.2, -0.15) is 5.10 Å². The monoisotopic (exact) mass is 168 g/mol. The molecule has 12 heavy (non-hydrogen) atoms. The van der Waals surface area contributed by atoms with Crippen molar-refractivity contribution < 1.29 is 4.74 Å². The number of hydrogen-bond donors (Lipinski definition) is 0. The molecule has 3 nitrogen and oxygen atoms in total. The van der Waals surface area contributed by atoms with Crippen LogP contribution in [0.5, 0.6) is 0 Å². The molecule has 0 radical (unpaired) electrons. The summed E-state index contributed by atoms with van der Waals surface area (Å²) in [5.41, 5.74) is 0. The van der Waals surface area contributed by atoms with Crippen LogP contribution in [0.15, 0.2) is 5.10 Å². The van der Waals surface area contributed by atoms with E-state index in [4.69, 9.17) is 4.74 Å². The van der Waals surface area contributed by atoms with Crippen LogP contribution in [0, 0.1) is 5.92 Å². The Morgan fingerprint density at radius 1 is 1.42 bits per heavy atom. The highest BCUT2D eigenvalue weighted by Crippen LogP contribution is 2.18. The van der Waals surface area contributed by atoms with Crippen LogP contribution in [0.25, 0.3) is 0 Å². The SMILES string of the molecule is CC1C=NN(C2CCOCC2)C1. The molecule has 0 saturated carbocycles. The van der Waals surface area contributed by atoms with E-state index in [9.17, 15) is 0 Å². The van der Waals surface area contributed by atoms with Crippen molar-refractivity contribution in [2.75, 3.05) is 19.8 Å². The van der Waals surface area contributed by atoms with Crippen molar-refractivity contribution in [1.82, 2.24) is 5.01 Å². The van der Waals surface area contributed by atoms with Gasteiger partial charge in [-0.1, -0.05) is 6.92 Å². The minimum atomic E-state index is 0.632. The van der Waals surface area contributed by atoms with Crippen molar-refractivity contribution in [3.8, 4) is 0 Å². The maximum absolute atomic E-state index is 5.31. The van der Waals surface area contributed by atoms with E-state index in [1.54, 1.807) is 0 Å². The van der Waals surface area contributed by atoms with Gasteiger partial charge in [-0.15, -0.1) is 0 Å². The number of rotatable bonds is 1. The summed E-state index contributed by atoms with van der Waals surface area (Å²) < 4.78 is 5.31. The van der Waals surface area contributed by atoms with Gasteiger partial charge >= 0.3 is 0 Å².